The summed E-state index contributed by atoms with van der Waals surface area (Å²) in [6.07, 6.45) is 0.750. The molecule has 23 heavy (non-hydrogen) atoms. The van der Waals surface area contributed by atoms with Crippen LogP contribution in [0.4, 0.5) is 9.18 Å². The van der Waals surface area contributed by atoms with Gasteiger partial charge in [-0.3, -0.25) is 9.78 Å². The van der Waals surface area contributed by atoms with Crippen molar-refractivity contribution in [2.75, 3.05) is 0 Å². The maximum atomic E-state index is 13.7. The van der Waals surface area contributed by atoms with E-state index in [1.165, 1.54) is 32.2 Å². The molecule has 1 heterocycles. The van der Waals surface area contributed by atoms with Gasteiger partial charge in [-0.15, -0.1) is 0 Å². The van der Waals surface area contributed by atoms with Gasteiger partial charge in [0.05, 0.1) is 11.7 Å². The molecule has 0 saturated carbocycles. The van der Waals surface area contributed by atoms with Crippen LogP contribution in [0.3, 0.4) is 0 Å². The summed E-state index contributed by atoms with van der Waals surface area (Å²) in [5.41, 5.74) is -1.75. The normalized spacial score (nSPS) is 13.2. The molecule has 1 atom stereocenters. The molecule has 6 nitrogen and oxygen atoms in total. The molecule has 128 valence electrons. The van der Waals surface area contributed by atoms with E-state index in [1.54, 1.807) is 27.7 Å². The number of ether oxygens (including phenoxy) is 1. The Hall–Kier alpha value is -2.18. The van der Waals surface area contributed by atoms with E-state index in [0.717, 1.165) is 0 Å². The van der Waals surface area contributed by atoms with Crippen molar-refractivity contribution in [2.24, 2.45) is 0 Å². The Bertz CT molecular complexity index is 582. The second-order valence-corrected chi connectivity index (χ2v) is 6.82. The quantitative estimate of drug-likeness (QED) is 0.892. The van der Waals surface area contributed by atoms with Gasteiger partial charge in [-0.1, -0.05) is 0 Å². The van der Waals surface area contributed by atoms with Crippen LogP contribution in [0.15, 0.2) is 18.3 Å². The van der Waals surface area contributed by atoms with Crippen LogP contribution in [0.5, 0.6) is 0 Å². The number of amides is 2. The first kappa shape index (κ1) is 18.9. The maximum absolute atomic E-state index is 13.7. The molecule has 0 spiro atoms. The van der Waals surface area contributed by atoms with Crippen molar-refractivity contribution in [3.8, 4) is 0 Å². The summed E-state index contributed by atoms with van der Waals surface area (Å²) in [6, 6.07) is 2.11. The van der Waals surface area contributed by atoms with Crippen LogP contribution in [-0.4, -0.2) is 28.1 Å². The van der Waals surface area contributed by atoms with Gasteiger partial charge < -0.3 is 15.4 Å². The average Bonchev–Trinajstić information content (AvgIpc) is 2.35. The molecule has 2 N–H and O–H groups in total. The van der Waals surface area contributed by atoms with Crippen molar-refractivity contribution in [3.63, 3.8) is 0 Å². The summed E-state index contributed by atoms with van der Waals surface area (Å²) in [6.45, 7) is 9.87. The smallest absolute Gasteiger partial charge is 0.408 e. The van der Waals surface area contributed by atoms with E-state index < -0.39 is 35.0 Å². The van der Waals surface area contributed by atoms with E-state index in [-0.39, 0.29) is 5.69 Å². The lowest BCUT2D eigenvalue weighted by Crippen LogP contribution is -2.56. The fourth-order valence-corrected chi connectivity index (χ4v) is 1.78. The molecule has 0 aliphatic rings. The summed E-state index contributed by atoms with van der Waals surface area (Å²) in [7, 11) is 0. The molecule has 2 amide bonds. The van der Waals surface area contributed by atoms with Gasteiger partial charge in [0.2, 0.25) is 5.91 Å². The minimum atomic E-state index is -1.22. The van der Waals surface area contributed by atoms with E-state index in [4.69, 9.17) is 4.74 Å². The van der Waals surface area contributed by atoms with Crippen molar-refractivity contribution < 1.29 is 18.7 Å². The fourth-order valence-electron chi connectivity index (χ4n) is 1.78. The van der Waals surface area contributed by atoms with Gasteiger partial charge in [0.1, 0.15) is 17.0 Å². The van der Waals surface area contributed by atoms with E-state index in [0.29, 0.717) is 0 Å². The summed E-state index contributed by atoms with van der Waals surface area (Å²) in [5.74, 6) is -0.973. The Kier molecular flexibility index (Phi) is 5.69. The zero-order chi connectivity index (χ0) is 17.8. The molecule has 1 aromatic rings. The zero-order valence-corrected chi connectivity index (χ0v) is 14.4. The van der Waals surface area contributed by atoms with Crippen molar-refractivity contribution in [1.29, 1.82) is 0 Å². The number of aromatic nitrogens is 1. The minimum absolute atomic E-state index is 0.133. The maximum Gasteiger partial charge on any atom is 0.408 e. The number of halogens is 1. The molecular formula is C16H24FN3O3. The highest BCUT2D eigenvalue weighted by atomic mass is 19.1. The second-order valence-electron chi connectivity index (χ2n) is 6.82. The van der Waals surface area contributed by atoms with Crippen molar-refractivity contribution in [1.82, 2.24) is 15.6 Å². The number of nitrogens with zero attached hydrogens (tertiary/aromatic N) is 1. The van der Waals surface area contributed by atoms with Crippen molar-refractivity contribution in [3.05, 3.63) is 29.8 Å². The highest BCUT2D eigenvalue weighted by Gasteiger charge is 2.32. The van der Waals surface area contributed by atoms with Gasteiger partial charge in [0, 0.05) is 6.20 Å². The number of alkyl carbamates (subject to hydrolysis) is 1. The summed E-state index contributed by atoms with van der Waals surface area (Å²) in [4.78, 5) is 28.1. The molecule has 0 radical (unpaired) electrons. The van der Waals surface area contributed by atoms with Crippen LogP contribution in [0.2, 0.25) is 0 Å². The highest BCUT2D eigenvalue weighted by molar-refractivity contribution is 5.89. The number of pyridine rings is 1. The van der Waals surface area contributed by atoms with E-state index >= 15 is 0 Å². The summed E-state index contributed by atoms with van der Waals surface area (Å²) >= 11 is 0. The fraction of sp³-hybridized carbons (Fsp3) is 0.562. The predicted molar refractivity (Wildman–Crippen MR) is 84.2 cm³/mol. The molecule has 0 aromatic carbocycles. The summed E-state index contributed by atoms with van der Waals surface area (Å²) < 4.78 is 18.8. The lowest BCUT2D eigenvalue weighted by atomic mass is 10.0. The van der Waals surface area contributed by atoms with Gasteiger partial charge in [0.15, 0.2) is 0 Å². The van der Waals surface area contributed by atoms with E-state index in [1.807, 2.05) is 0 Å². The van der Waals surface area contributed by atoms with Crippen molar-refractivity contribution in [2.45, 2.75) is 58.7 Å². The Morgan fingerprint density at radius 2 is 1.87 bits per heavy atom. The first-order valence-corrected chi connectivity index (χ1v) is 7.35. The lowest BCUT2D eigenvalue weighted by Gasteiger charge is -2.28. The molecule has 0 aliphatic carbocycles. The molecule has 0 saturated heterocycles. The standard InChI is InChI=1S/C16H24FN3O3/c1-10(12-11(17)8-7-9-18-12)19-13(21)16(5,6)20-14(22)23-15(2,3)4/h7-10H,1-6H3,(H,19,21)(H,20,22). The first-order chi connectivity index (χ1) is 10.4. The third-order valence-corrected chi connectivity index (χ3v) is 2.93. The number of hydrogen-bond acceptors (Lipinski definition) is 4. The Morgan fingerprint density at radius 3 is 2.39 bits per heavy atom. The lowest BCUT2D eigenvalue weighted by molar-refractivity contribution is -0.127. The minimum Gasteiger partial charge on any atom is -0.444 e. The van der Waals surface area contributed by atoms with Crippen LogP contribution < -0.4 is 10.6 Å². The van der Waals surface area contributed by atoms with Crippen molar-refractivity contribution >= 4 is 12.0 Å². The molecule has 1 rings (SSSR count). The van der Waals surface area contributed by atoms with Gasteiger partial charge in [-0.25, -0.2) is 9.18 Å². The van der Waals surface area contributed by atoms with Crippen LogP contribution in [0.1, 0.15) is 53.3 Å². The van der Waals surface area contributed by atoms with Crippen LogP contribution >= 0.6 is 0 Å². The van der Waals surface area contributed by atoms with Gasteiger partial charge in [0.25, 0.3) is 0 Å². The third-order valence-electron chi connectivity index (χ3n) is 2.93. The van der Waals surface area contributed by atoms with E-state index in [9.17, 15) is 14.0 Å². The Balaban J connectivity index is 2.72. The molecule has 7 heteroatoms. The monoisotopic (exact) mass is 325 g/mol. The van der Waals surface area contributed by atoms with Gasteiger partial charge in [-0.05, 0) is 53.7 Å². The summed E-state index contributed by atoms with van der Waals surface area (Å²) in [5, 5.41) is 5.13. The van der Waals surface area contributed by atoms with Gasteiger partial charge in [-0.2, -0.15) is 0 Å². The van der Waals surface area contributed by atoms with E-state index in [2.05, 4.69) is 15.6 Å². The molecular weight excluding hydrogens is 301 g/mol. The average molecular weight is 325 g/mol. The van der Waals surface area contributed by atoms with Crippen LogP contribution in [0, 0.1) is 5.82 Å². The molecule has 0 bridgehead atoms. The largest absolute Gasteiger partial charge is 0.444 e. The SMILES string of the molecule is CC(NC(=O)C(C)(C)NC(=O)OC(C)(C)C)c1ncccc1F. The first-order valence-electron chi connectivity index (χ1n) is 7.35. The zero-order valence-electron chi connectivity index (χ0n) is 14.4. The van der Waals surface area contributed by atoms with Crippen LogP contribution in [0.25, 0.3) is 0 Å². The highest BCUT2D eigenvalue weighted by Crippen LogP contribution is 2.15. The number of rotatable bonds is 4. The molecule has 0 aliphatic heterocycles. The molecule has 1 aromatic heterocycles. The Labute approximate surface area is 135 Å². The number of hydrogen-bond donors (Lipinski definition) is 2. The number of nitrogens with one attached hydrogen (secondary N) is 2. The van der Waals surface area contributed by atoms with Gasteiger partial charge >= 0.3 is 6.09 Å². The Morgan fingerprint density at radius 1 is 1.26 bits per heavy atom. The number of carbonyl (C=O) groups is 2. The second kappa shape index (κ2) is 6.93. The third kappa shape index (κ3) is 5.84. The topological polar surface area (TPSA) is 80.3 Å². The molecule has 0 fully saturated rings. The molecule has 1 unspecified atom stereocenters. The number of carbonyl (C=O) groups excluding carboxylic acids is 2. The predicted octanol–water partition coefficient (Wildman–Crippen LogP) is 2.70. The van der Waals surface area contributed by atoms with Crippen LogP contribution in [-0.2, 0) is 9.53 Å².